The number of benzene rings is 1. The Labute approximate surface area is 136 Å². The van der Waals surface area contributed by atoms with Crippen molar-refractivity contribution in [3.63, 3.8) is 0 Å². The Morgan fingerprint density at radius 1 is 1.21 bits per heavy atom. The van der Waals surface area contributed by atoms with Crippen molar-refractivity contribution in [3.8, 4) is 11.6 Å². The summed E-state index contributed by atoms with van der Waals surface area (Å²) >= 11 is 0. The molecule has 0 radical (unpaired) electrons. The number of ether oxygens (including phenoxy) is 2. The molecule has 3 aromatic rings. The van der Waals surface area contributed by atoms with Crippen molar-refractivity contribution >= 4 is 22.6 Å². The van der Waals surface area contributed by atoms with Gasteiger partial charge in [-0.05, 0) is 24.3 Å². The van der Waals surface area contributed by atoms with Gasteiger partial charge in [0.25, 0.3) is 5.91 Å². The molecule has 0 spiro atoms. The van der Waals surface area contributed by atoms with E-state index in [0.29, 0.717) is 22.9 Å². The average molecular weight is 326 g/mol. The molecular weight excluding hydrogens is 312 g/mol. The smallest absolute Gasteiger partial charge is 0.336 e. The molecule has 1 aromatic carbocycles. The van der Waals surface area contributed by atoms with Gasteiger partial charge in [0.1, 0.15) is 11.3 Å². The second-order valence-corrected chi connectivity index (χ2v) is 4.88. The molecule has 24 heavy (non-hydrogen) atoms. The van der Waals surface area contributed by atoms with Crippen molar-refractivity contribution in [1.29, 1.82) is 0 Å². The van der Waals surface area contributed by atoms with Gasteiger partial charge >= 0.3 is 5.63 Å². The summed E-state index contributed by atoms with van der Waals surface area (Å²) in [4.78, 5) is 27.1. The van der Waals surface area contributed by atoms with Crippen LogP contribution in [-0.2, 0) is 4.79 Å². The van der Waals surface area contributed by atoms with Crippen LogP contribution < -0.4 is 20.4 Å². The molecule has 0 fully saturated rings. The highest BCUT2D eigenvalue weighted by Gasteiger charge is 2.06. The first-order valence-corrected chi connectivity index (χ1v) is 7.11. The first-order chi connectivity index (χ1) is 11.6. The van der Waals surface area contributed by atoms with Crippen LogP contribution >= 0.6 is 0 Å². The second kappa shape index (κ2) is 6.82. The van der Waals surface area contributed by atoms with E-state index < -0.39 is 5.63 Å². The van der Waals surface area contributed by atoms with Gasteiger partial charge in [0.2, 0.25) is 5.88 Å². The van der Waals surface area contributed by atoms with Crippen LogP contribution in [0.3, 0.4) is 0 Å². The lowest BCUT2D eigenvalue weighted by molar-refractivity contribution is -0.118. The monoisotopic (exact) mass is 326 g/mol. The number of hydrogen-bond donors (Lipinski definition) is 1. The van der Waals surface area contributed by atoms with Crippen molar-refractivity contribution in [3.05, 3.63) is 59.1 Å². The van der Waals surface area contributed by atoms with Crippen LogP contribution in [0.4, 0.5) is 5.69 Å². The number of aromatic nitrogens is 1. The lowest BCUT2D eigenvalue weighted by Gasteiger charge is -2.08. The van der Waals surface area contributed by atoms with Gasteiger partial charge in [-0.2, -0.15) is 0 Å². The summed E-state index contributed by atoms with van der Waals surface area (Å²) in [6.07, 6.45) is 1.49. The number of anilines is 1. The summed E-state index contributed by atoms with van der Waals surface area (Å²) in [5.74, 6) is 0.554. The fraction of sp³-hybridized carbons (Fsp3) is 0.118. The molecule has 3 rings (SSSR count). The Balaban J connectivity index is 1.62. The minimum atomic E-state index is -0.440. The topological polar surface area (TPSA) is 90.7 Å². The number of carbonyl (C=O) groups excluding carboxylic acids is 1. The predicted octanol–water partition coefficient (Wildman–Crippen LogP) is 2.21. The number of carbonyl (C=O) groups is 1. The number of rotatable bonds is 5. The summed E-state index contributed by atoms with van der Waals surface area (Å²) in [6, 6.07) is 11.3. The van der Waals surface area contributed by atoms with E-state index in [0.717, 1.165) is 5.39 Å². The first kappa shape index (κ1) is 15.5. The Morgan fingerprint density at radius 2 is 2.04 bits per heavy atom. The Bertz CT molecular complexity index is 918. The van der Waals surface area contributed by atoms with Crippen molar-refractivity contribution in [2.45, 2.75) is 0 Å². The molecule has 1 amide bonds. The molecule has 7 heteroatoms. The van der Waals surface area contributed by atoms with Crippen LogP contribution in [0.25, 0.3) is 11.0 Å². The van der Waals surface area contributed by atoms with E-state index in [9.17, 15) is 9.59 Å². The number of hydrogen-bond acceptors (Lipinski definition) is 6. The van der Waals surface area contributed by atoms with Gasteiger partial charge in [-0.3, -0.25) is 4.79 Å². The standard InChI is InChI=1S/C17H14N2O5/c1-22-16-6-4-12(9-18-16)19-15(20)10-23-13-5-2-11-3-7-17(21)24-14(11)8-13/h2-9H,10H2,1H3,(H,19,20). The molecule has 0 aliphatic rings. The highest BCUT2D eigenvalue weighted by atomic mass is 16.5. The number of fused-ring (bicyclic) bond motifs is 1. The van der Waals surface area contributed by atoms with Gasteiger partial charge < -0.3 is 19.2 Å². The van der Waals surface area contributed by atoms with Crippen molar-refractivity contribution in [2.75, 3.05) is 19.0 Å². The van der Waals surface area contributed by atoms with E-state index in [-0.39, 0.29) is 12.5 Å². The molecule has 7 nitrogen and oxygen atoms in total. The molecule has 2 heterocycles. The summed E-state index contributed by atoms with van der Waals surface area (Å²) in [7, 11) is 1.51. The van der Waals surface area contributed by atoms with Gasteiger partial charge in [0.15, 0.2) is 6.61 Å². The van der Waals surface area contributed by atoms with Crippen molar-refractivity contribution in [2.24, 2.45) is 0 Å². The Morgan fingerprint density at radius 3 is 2.79 bits per heavy atom. The highest BCUT2D eigenvalue weighted by molar-refractivity contribution is 5.91. The SMILES string of the molecule is COc1ccc(NC(=O)COc2ccc3ccc(=O)oc3c2)cn1. The lowest BCUT2D eigenvalue weighted by Crippen LogP contribution is -2.20. The molecule has 0 saturated heterocycles. The van der Waals surface area contributed by atoms with E-state index in [1.165, 1.54) is 19.4 Å². The van der Waals surface area contributed by atoms with E-state index in [4.69, 9.17) is 13.9 Å². The van der Waals surface area contributed by atoms with E-state index in [2.05, 4.69) is 10.3 Å². The number of amides is 1. The molecule has 0 aliphatic carbocycles. The van der Waals surface area contributed by atoms with Crippen LogP contribution in [-0.4, -0.2) is 24.6 Å². The van der Waals surface area contributed by atoms with Gasteiger partial charge in [-0.1, -0.05) is 0 Å². The summed E-state index contributed by atoms with van der Waals surface area (Å²) in [6.45, 7) is -0.186. The predicted molar refractivity (Wildman–Crippen MR) is 87.4 cm³/mol. The maximum atomic E-state index is 11.9. The zero-order chi connectivity index (χ0) is 16.9. The van der Waals surface area contributed by atoms with Crippen LogP contribution in [0.2, 0.25) is 0 Å². The van der Waals surface area contributed by atoms with Gasteiger partial charge in [0.05, 0.1) is 19.0 Å². The maximum absolute atomic E-state index is 11.9. The Hall–Kier alpha value is -3.35. The summed E-state index contributed by atoms with van der Waals surface area (Å²) < 4.78 is 15.4. The average Bonchev–Trinajstić information content (AvgIpc) is 2.60. The summed E-state index contributed by atoms with van der Waals surface area (Å²) in [5, 5.41) is 3.43. The number of pyridine rings is 1. The fourth-order valence-electron chi connectivity index (χ4n) is 2.05. The van der Waals surface area contributed by atoms with E-state index in [1.807, 2.05) is 0 Å². The normalized spacial score (nSPS) is 10.4. The molecule has 0 aliphatic heterocycles. The molecule has 0 bridgehead atoms. The van der Waals surface area contributed by atoms with Crippen LogP contribution in [0.5, 0.6) is 11.6 Å². The second-order valence-electron chi connectivity index (χ2n) is 4.88. The third-order valence-electron chi connectivity index (χ3n) is 3.19. The van der Waals surface area contributed by atoms with Gasteiger partial charge in [0, 0.05) is 23.6 Å². The molecular formula is C17H14N2O5. The first-order valence-electron chi connectivity index (χ1n) is 7.11. The number of methoxy groups -OCH3 is 1. The minimum Gasteiger partial charge on any atom is -0.484 e. The molecule has 1 N–H and O–H groups in total. The highest BCUT2D eigenvalue weighted by Crippen LogP contribution is 2.19. The maximum Gasteiger partial charge on any atom is 0.336 e. The van der Waals surface area contributed by atoms with Crippen molar-refractivity contribution in [1.82, 2.24) is 4.98 Å². The molecule has 0 atom stereocenters. The summed E-state index contributed by atoms with van der Waals surface area (Å²) in [5.41, 5.74) is 0.498. The lowest BCUT2D eigenvalue weighted by atomic mass is 10.2. The number of nitrogens with one attached hydrogen (secondary N) is 1. The van der Waals surface area contributed by atoms with Gasteiger partial charge in [-0.15, -0.1) is 0 Å². The quantitative estimate of drug-likeness (QED) is 0.723. The third kappa shape index (κ3) is 3.70. The molecule has 2 aromatic heterocycles. The van der Waals surface area contributed by atoms with Crippen LogP contribution in [0.15, 0.2) is 57.9 Å². The van der Waals surface area contributed by atoms with E-state index >= 15 is 0 Å². The fourth-order valence-corrected chi connectivity index (χ4v) is 2.05. The van der Waals surface area contributed by atoms with Crippen LogP contribution in [0, 0.1) is 0 Å². The van der Waals surface area contributed by atoms with E-state index in [1.54, 1.807) is 36.4 Å². The zero-order valence-electron chi connectivity index (χ0n) is 12.8. The zero-order valence-corrected chi connectivity index (χ0v) is 12.8. The third-order valence-corrected chi connectivity index (χ3v) is 3.19. The van der Waals surface area contributed by atoms with Gasteiger partial charge in [-0.25, -0.2) is 9.78 Å². The molecule has 0 unspecified atom stereocenters. The number of nitrogens with zero attached hydrogens (tertiary/aromatic N) is 1. The molecule has 122 valence electrons. The Kier molecular flexibility index (Phi) is 4.42. The van der Waals surface area contributed by atoms with Crippen molar-refractivity contribution < 1.29 is 18.7 Å². The molecule has 0 saturated carbocycles. The minimum absolute atomic E-state index is 0.186. The van der Waals surface area contributed by atoms with Crippen LogP contribution in [0.1, 0.15) is 0 Å². The largest absolute Gasteiger partial charge is 0.484 e.